The van der Waals surface area contributed by atoms with E-state index in [1.165, 1.54) is 19.1 Å². The highest BCUT2D eigenvalue weighted by Crippen LogP contribution is 2.27. The van der Waals surface area contributed by atoms with Gasteiger partial charge in [-0.2, -0.15) is 0 Å². The van der Waals surface area contributed by atoms with E-state index in [0.29, 0.717) is 17.9 Å². The maximum absolute atomic E-state index is 14.4. The molecule has 2 amide bonds. The average molecular weight is 293 g/mol. The van der Waals surface area contributed by atoms with Crippen LogP contribution in [0.4, 0.5) is 4.39 Å². The molecule has 1 fully saturated rings. The van der Waals surface area contributed by atoms with Crippen LogP contribution in [0.5, 0.6) is 0 Å². The molecule has 0 bridgehead atoms. The van der Waals surface area contributed by atoms with Gasteiger partial charge in [-0.05, 0) is 43.9 Å². The van der Waals surface area contributed by atoms with Crippen molar-refractivity contribution in [2.75, 3.05) is 0 Å². The third-order valence-corrected chi connectivity index (χ3v) is 3.26. The first-order chi connectivity index (χ1) is 9.75. The largest absolute Gasteiger partial charge is 0.296 e. The molecule has 21 heavy (non-hydrogen) atoms. The highest BCUT2D eigenvalue weighted by molar-refractivity contribution is 6.00. The van der Waals surface area contributed by atoms with E-state index < -0.39 is 11.6 Å². The predicted octanol–water partition coefficient (Wildman–Crippen LogP) is 3.48. The van der Waals surface area contributed by atoms with E-state index in [2.05, 4.69) is 5.32 Å². The molecule has 0 radical (unpaired) electrons. The van der Waals surface area contributed by atoms with Crippen LogP contribution < -0.4 is 5.32 Å². The maximum atomic E-state index is 14.4. The molecule has 1 N–H and O–H groups in total. The number of hydrogen-bond acceptors (Lipinski definition) is 2. The van der Waals surface area contributed by atoms with Gasteiger partial charge in [-0.3, -0.25) is 14.9 Å². The summed E-state index contributed by atoms with van der Waals surface area (Å²) in [5, 5.41) is 2.32. The molecule has 1 aliphatic heterocycles. The maximum Gasteiger partial charge on any atom is 0.234 e. The monoisotopic (exact) mass is 293 g/mol. The molecule has 0 aromatic carbocycles. The fraction of sp³-hybridized carbons (Fsp3) is 0.529. The van der Waals surface area contributed by atoms with Crippen molar-refractivity contribution in [1.82, 2.24) is 5.32 Å². The molecule has 2 unspecified atom stereocenters. The molecule has 1 saturated heterocycles. The molecule has 1 heterocycles. The second-order valence-electron chi connectivity index (χ2n) is 5.90. The number of amides is 2. The molecular formula is C17H24FNO2. The molecule has 0 spiro atoms. The summed E-state index contributed by atoms with van der Waals surface area (Å²) in [4.78, 5) is 23.2. The second-order valence-corrected chi connectivity index (χ2v) is 5.90. The zero-order valence-electron chi connectivity index (χ0n) is 13.2. The number of alkyl halides is 1. The lowest BCUT2D eigenvalue weighted by Gasteiger charge is -2.24. The van der Waals surface area contributed by atoms with Gasteiger partial charge in [-0.1, -0.05) is 32.1 Å². The van der Waals surface area contributed by atoms with Crippen molar-refractivity contribution < 1.29 is 14.0 Å². The Hall–Kier alpha value is -1.71. The van der Waals surface area contributed by atoms with Crippen LogP contribution in [0.15, 0.2) is 36.0 Å². The van der Waals surface area contributed by atoms with Crippen LogP contribution in [-0.2, 0) is 9.59 Å². The van der Waals surface area contributed by atoms with Gasteiger partial charge in [0.05, 0.1) is 5.92 Å². The zero-order valence-corrected chi connectivity index (χ0v) is 13.2. The first-order valence-corrected chi connectivity index (χ1v) is 7.32. The number of carbonyl (C=O) groups is 2. The van der Waals surface area contributed by atoms with Crippen LogP contribution in [0.1, 0.15) is 40.5 Å². The van der Waals surface area contributed by atoms with Crippen LogP contribution in [0.2, 0.25) is 0 Å². The molecule has 1 rings (SSSR count). The Bertz CT molecular complexity index is 487. The Morgan fingerprint density at radius 1 is 1.43 bits per heavy atom. The van der Waals surface area contributed by atoms with E-state index >= 15 is 0 Å². The lowest BCUT2D eigenvalue weighted by atomic mass is 9.87. The number of piperidine rings is 1. The third-order valence-electron chi connectivity index (χ3n) is 3.26. The minimum atomic E-state index is -1.62. The van der Waals surface area contributed by atoms with Gasteiger partial charge in [0.1, 0.15) is 5.67 Å². The first kappa shape index (κ1) is 17.3. The molecule has 2 atom stereocenters. The van der Waals surface area contributed by atoms with Crippen LogP contribution >= 0.6 is 0 Å². The molecule has 3 nitrogen and oxygen atoms in total. The fourth-order valence-corrected chi connectivity index (χ4v) is 2.28. The molecule has 0 aromatic heterocycles. The summed E-state index contributed by atoms with van der Waals surface area (Å²) in [5.74, 6) is -0.783. The van der Waals surface area contributed by atoms with Gasteiger partial charge in [0.2, 0.25) is 11.8 Å². The van der Waals surface area contributed by atoms with Crippen molar-refractivity contribution in [3.63, 3.8) is 0 Å². The van der Waals surface area contributed by atoms with Crippen molar-refractivity contribution in [2.24, 2.45) is 11.8 Å². The van der Waals surface area contributed by atoms with Crippen LogP contribution in [0.25, 0.3) is 0 Å². The quantitative estimate of drug-likeness (QED) is 0.479. The summed E-state index contributed by atoms with van der Waals surface area (Å²) >= 11 is 0. The minimum Gasteiger partial charge on any atom is -0.296 e. The molecular weight excluding hydrogens is 269 g/mol. The summed E-state index contributed by atoms with van der Waals surface area (Å²) in [6, 6.07) is 0. The summed E-state index contributed by atoms with van der Waals surface area (Å²) in [6.45, 7) is 7.22. The SMILES string of the molecule is C/C=C\C(C)(F)/C=C(\C=C/C(C)C)C1CCC(=O)NC1=O. The van der Waals surface area contributed by atoms with Crippen molar-refractivity contribution in [1.29, 1.82) is 0 Å². The van der Waals surface area contributed by atoms with E-state index in [1.54, 1.807) is 19.1 Å². The number of imide groups is 1. The highest BCUT2D eigenvalue weighted by atomic mass is 19.1. The lowest BCUT2D eigenvalue weighted by Crippen LogP contribution is -2.41. The molecule has 1 aliphatic rings. The number of hydrogen-bond donors (Lipinski definition) is 1. The number of carbonyl (C=O) groups excluding carboxylic acids is 2. The summed E-state index contributed by atoms with van der Waals surface area (Å²) in [7, 11) is 0. The summed E-state index contributed by atoms with van der Waals surface area (Å²) < 4.78 is 14.4. The van der Waals surface area contributed by atoms with E-state index in [0.717, 1.165) is 0 Å². The fourth-order valence-electron chi connectivity index (χ4n) is 2.28. The average Bonchev–Trinajstić information content (AvgIpc) is 2.34. The van der Waals surface area contributed by atoms with Crippen molar-refractivity contribution in [2.45, 2.75) is 46.2 Å². The van der Waals surface area contributed by atoms with Crippen molar-refractivity contribution in [3.05, 3.63) is 36.0 Å². The Morgan fingerprint density at radius 2 is 2.10 bits per heavy atom. The third kappa shape index (κ3) is 5.66. The van der Waals surface area contributed by atoms with Crippen LogP contribution in [0.3, 0.4) is 0 Å². The molecule has 0 aliphatic carbocycles. The van der Waals surface area contributed by atoms with E-state index in [9.17, 15) is 14.0 Å². The van der Waals surface area contributed by atoms with Gasteiger partial charge in [0, 0.05) is 6.42 Å². The first-order valence-electron chi connectivity index (χ1n) is 7.32. The molecule has 4 heteroatoms. The normalized spacial score (nSPS) is 23.9. The Balaban J connectivity index is 3.11. The minimum absolute atomic E-state index is 0.264. The standard InChI is InChI=1S/C17H24FNO2/c1-5-10-17(4,18)11-13(7-6-12(2)3)14-8-9-15(20)19-16(14)21/h5-7,10-12,14H,8-9H2,1-4H3,(H,19,20,21)/b7-6-,10-5-,13-11+. The van der Waals surface area contributed by atoms with E-state index in [-0.39, 0.29) is 18.2 Å². The summed E-state index contributed by atoms with van der Waals surface area (Å²) in [5.41, 5.74) is -0.996. The van der Waals surface area contributed by atoms with Crippen LogP contribution in [-0.4, -0.2) is 17.5 Å². The smallest absolute Gasteiger partial charge is 0.234 e. The topological polar surface area (TPSA) is 46.2 Å². The van der Waals surface area contributed by atoms with Gasteiger partial charge in [-0.15, -0.1) is 0 Å². The summed E-state index contributed by atoms with van der Waals surface area (Å²) in [6.07, 6.45) is 8.99. The molecule has 0 saturated carbocycles. The number of halogens is 1. The lowest BCUT2D eigenvalue weighted by molar-refractivity contribution is -0.135. The zero-order chi connectivity index (χ0) is 16.0. The van der Waals surface area contributed by atoms with Gasteiger partial charge in [0.15, 0.2) is 0 Å². The molecule has 0 aromatic rings. The number of allylic oxidation sites excluding steroid dienone is 5. The Morgan fingerprint density at radius 3 is 2.62 bits per heavy atom. The Labute approximate surface area is 126 Å². The van der Waals surface area contributed by atoms with Crippen molar-refractivity contribution >= 4 is 11.8 Å². The number of nitrogens with one attached hydrogen (secondary N) is 1. The van der Waals surface area contributed by atoms with E-state index in [4.69, 9.17) is 0 Å². The second kappa shape index (κ2) is 7.34. The van der Waals surface area contributed by atoms with E-state index in [1.807, 2.05) is 19.9 Å². The van der Waals surface area contributed by atoms with Gasteiger partial charge in [0.25, 0.3) is 0 Å². The number of rotatable bonds is 5. The Kier molecular flexibility index (Phi) is 6.06. The van der Waals surface area contributed by atoms with Crippen molar-refractivity contribution in [3.8, 4) is 0 Å². The van der Waals surface area contributed by atoms with Gasteiger partial charge < -0.3 is 0 Å². The van der Waals surface area contributed by atoms with Crippen LogP contribution in [0, 0.1) is 11.8 Å². The van der Waals surface area contributed by atoms with Gasteiger partial charge >= 0.3 is 0 Å². The predicted molar refractivity (Wildman–Crippen MR) is 82.3 cm³/mol. The molecule has 116 valence electrons. The highest BCUT2D eigenvalue weighted by Gasteiger charge is 2.30. The van der Waals surface area contributed by atoms with Gasteiger partial charge in [-0.25, -0.2) is 4.39 Å².